The number of halogens is 1. The second-order valence-corrected chi connectivity index (χ2v) is 5.16. The van der Waals surface area contributed by atoms with Crippen molar-refractivity contribution in [2.75, 3.05) is 6.61 Å². The van der Waals surface area contributed by atoms with Gasteiger partial charge in [0.15, 0.2) is 0 Å². The average molecular weight is 220 g/mol. The van der Waals surface area contributed by atoms with Crippen molar-refractivity contribution in [1.29, 1.82) is 0 Å². The molecule has 0 saturated carbocycles. The van der Waals surface area contributed by atoms with Gasteiger partial charge in [0.1, 0.15) is 5.38 Å². The molecule has 4 heteroatoms. The highest BCUT2D eigenvalue weighted by Crippen LogP contribution is 2.20. The fraction of sp³-hybridized carbons (Fsp3) is 0.900. The summed E-state index contributed by atoms with van der Waals surface area (Å²) in [5, 5.41) is 2.29. The van der Waals surface area contributed by atoms with Crippen LogP contribution >= 0.6 is 11.6 Å². The number of carbonyl (C=O) groups is 1. The van der Waals surface area contributed by atoms with E-state index in [0.717, 1.165) is 19.4 Å². The van der Waals surface area contributed by atoms with Gasteiger partial charge in [-0.05, 0) is 33.6 Å². The molecule has 14 heavy (non-hydrogen) atoms. The molecule has 3 nitrogen and oxygen atoms in total. The van der Waals surface area contributed by atoms with E-state index in [1.165, 1.54) is 0 Å². The summed E-state index contributed by atoms with van der Waals surface area (Å²) in [7, 11) is 0. The number of hydrogen-bond donors (Lipinski definition) is 1. The van der Waals surface area contributed by atoms with Gasteiger partial charge >= 0.3 is 0 Å². The SMILES string of the molecule is CC(C)(C)NC(=O)C(Cl)C1CCCO1. The molecule has 2 unspecified atom stereocenters. The molecule has 1 N–H and O–H groups in total. The van der Waals surface area contributed by atoms with Crippen molar-refractivity contribution in [2.45, 2.75) is 50.6 Å². The molecule has 0 aromatic rings. The number of hydrogen-bond acceptors (Lipinski definition) is 2. The largest absolute Gasteiger partial charge is 0.376 e. The summed E-state index contributed by atoms with van der Waals surface area (Å²) in [5.41, 5.74) is -0.233. The van der Waals surface area contributed by atoms with E-state index in [9.17, 15) is 4.79 Å². The lowest BCUT2D eigenvalue weighted by Gasteiger charge is -2.24. The lowest BCUT2D eigenvalue weighted by Crippen LogP contribution is -2.47. The van der Waals surface area contributed by atoms with Crippen molar-refractivity contribution in [3.05, 3.63) is 0 Å². The third-order valence-corrected chi connectivity index (χ3v) is 2.52. The Morgan fingerprint density at radius 1 is 1.57 bits per heavy atom. The van der Waals surface area contributed by atoms with Gasteiger partial charge in [-0.15, -0.1) is 11.6 Å². The summed E-state index contributed by atoms with van der Waals surface area (Å²) in [4.78, 5) is 11.6. The van der Waals surface area contributed by atoms with Crippen LogP contribution in [0.15, 0.2) is 0 Å². The second-order valence-electron chi connectivity index (χ2n) is 4.69. The van der Waals surface area contributed by atoms with Crippen molar-refractivity contribution >= 4 is 17.5 Å². The zero-order valence-electron chi connectivity index (χ0n) is 8.97. The highest BCUT2D eigenvalue weighted by atomic mass is 35.5. The third kappa shape index (κ3) is 3.46. The molecule has 1 heterocycles. The van der Waals surface area contributed by atoms with Crippen LogP contribution in [-0.4, -0.2) is 29.5 Å². The lowest BCUT2D eigenvalue weighted by molar-refractivity contribution is -0.124. The molecule has 0 aromatic heterocycles. The molecule has 1 rings (SSSR count). The zero-order valence-corrected chi connectivity index (χ0v) is 9.73. The maximum absolute atomic E-state index is 11.6. The molecule has 0 bridgehead atoms. The molecule has 1 aliphatic heterocycles. The van der Waals surface area contributed by atoms with E-state index in [2.05, 4.69) is 5.32 Å². The highest BCUT2D eigenvalue weighted by Gasteiger charge is 2.31. The van der Waals surface area contributed by atoms with Crippen molar-refractivity contribution < 1.29 is 9.53 Å². The maximum atomic E-state index is 11.6. The highest BCUT2D eigenvalue weighted by molar-refractivity contribution is 6.31. The Morgan fingerprint density at radius 2 is 2.21 bits per heavy atom. The molecule has 0 aromatic carbocycles. The van der Waals surface area contributed by atoms with E-state index in [1.54, 1.807) is 0 Å². The molecule has 0 spiro atoms. The van der Waals surface area contributed by atoms with Crippen LogP contribution in [0.25, 0.3) is 0 Å². The molecule has 0 radical (unpaired) electrons. The molecule has 1 saturated heterocycles. The van der Waals surface area contributed by atoms with Crippen LogP contribution in [0.5, 0.6) is 0 Å². The minimum absolute atomic E-state index is 0.112. The number of amides is 1. The third-order valence-electron chi connectivity index (χ3n) is 2.04. The second kappa shape index (κ2) is 4.49. The minimum Gasteiger partial charge on any atom is -0.376 e. The Labute approximate surface area is 90.1 Å². The monoisotopic (exact) mass is 219 g/mol. The van der Waals surface area contributed by atoms with E-state index in [-0.39, 0.29) is 17.6 Å². The number of nitrogens with one attached hydrogen (secondary N) is 1. The van der Waals surface area contributed by atoms with Crippen LogP contribution in [0.3, 0.4) is 0 Å². The summed E-state index contributed by atoms with van der Waals surface area (Å²) in [6.45, 7) is 6.52. The Bertz CT molecular complexity index is 207. The van der Waals surface area contributed by atoms with Gasteiger partial charge in [-0.2, -0.15) is 0 Å². The predicted octanol–water partition coefficient (Wildman–Crippen LogP) is 1.69. The summed E-state index contributed by atoms with van der Waals surface area (Å²) in [5.74, 6) is -0.133. The van der Waals surface area contributed by atoms with Crippen molar-refractivity contribution in [3.8, 4) is 0 Å². The molecule has 1 fully saturated rings. The number of rotatable bonds is 2. The first kappa shape index (κ1) is 11.8. The van der Waals surface area contributed by atoms with E-state index >= 15 is 0 Å². The Kier molecular flexibility index (Phi) is 3.78. The molecule has 0 aliphatic carbocycles. The van der Waals surface area contributed by atoms with Gasteiger partial charge in [0.25, 0.3) is 0 Å². The van der Waals surface area contributed by atoms with Gasteiger partial charge < -0.3 is 10.1 Å². The van der Waals surface area contributed by atoms with Gasteiger partial charge in [0, 0.05) is 12.1 Å². The molecular weight excluding hydrogens is 202 g/mol. The summed E-state index contributed by atoms with van der Waals surface area (Å²) in [6, 6.07) is 0. The molecule has 1 aliphatic rings. The van der Waals surface area contributed by atoms with E-state index in [1.807, 2.05) is 20.8 Å². The summed E-state index contributed by atoms with van der Waals surface area (Å²) >= 11 is 6.01. The molecule has 2 atom stereocenters. The zero-order chi connectivity index (χ0) is 10.8. The Balaban J connectivity index is 2.43. The predicted molar refractivity (Wildman–Crippen MR) is 56.5 cm³/mol. The molecule has 82 valence electrons. The number of carbonyl (C=O) groups excluding carboxylic acids is 1. The Morgan fingerprint density at radius 3 is 2.64 bits per heavy atom. The van der Waals surface area contributed by atoms with E-state index < -0.39 is 5.38 Å². The van der Waals surface area contributed by atoms with Gasteiger partial charge in [-0.3, -0.25) is 4.79 Å². The van der Waals surface area contributed by atoms with Crippen molar-refractivity contribution in [1.82, 2.24) is 5.32 Å². The van der Waals surface area contributed by atoms with Crippen molar-refractivity contribution in [2.24, 2.45) is 0 Å². The van der Waals surface area contributed by atoms with Crippen LogP contribution in [0.4, 0.5) is 0 Å². The maximum Gasteiger partial charge on any atom is 0.241 e. The number of alkyl halides is 1. The van der Waals surface area contributed by atoms with E-state index in [0.29, 0.717) is 0 Å². The summed E-state index contributed by atoms with van der Waals surface area (Å²) < 4.78 is 5.36. The van der Waals surface area contributed by atoms with Gasteiger partial charge in [0.2, 0.25) is 5.91 Å². The fourth-order valence-corrected chi connectivity index (χ4v) is 1.69. The van der Waals surface area contributed by atoms with Crippen molar-refractivity contribution in [3.63, 3.8) is 0 Å². The standard InChI is InChI=1S/C10H18ClNO2/c1-10(2,3)12-9(13)8(11)7-5-4-6-14-7/h7-8H,4-6H2,1-3H3,(H,12,13). The van der Waals surface area contributed by atoms with Gasteiger partial charge in [-0.1, -0.05) is 0 Å². The first-order chi connectivity index (χ1) is 6.40. The summed E-state index contributed by atoms with van der Waals surface area (Å²) in [6.07, 6.45) is 1.77. The minimum atomic E-state index is -0.559. The van der Waals surface area contributed by atoms with Gasteiger partial charge in [0.05, 0.1) is 6.10 Å². The van der Waals surface area contributed by atoms with Crippen LogP contribution in [0.1, 0.15) is 33.6 Å². The molecular formula is C10H18ClNO2. The first-order valence-electron chi connectivity index (χ1n) is 4.98. The molecule has 1 amide bonds. The lowest BCUT2D eigenvalue weighted by atomic mass is 10.1. The van der Waals surface area contributed by atoms with E-state index in [4.69, 9.17) is 16.3 Å². The smallest absolute Gasteiger partial charge is 0.241 e. The van der Waals surface area contributed by atoms with Crippen LogP contribution in [0.2, 0.25) is 0 Å². The van der Waals surface area contributed by atoms with Crippen LogP contribution in [0, 0.1) is 0 Å². The fourth-order valence-electron chi connectivity index (χ4n) is 1.44. The Hall–Kier alpha value is -0.280. The normalized spacial score (nSPS) is 24.7. The topological polar surface area (TPSA) is 38.3 Å². The van der Waals surface area contributed by atoms with Crippen LogP contribution < -0.4 is 5.32 Å². The van der Waals surface area contributed by atoms with Gasteiger partial charge in [-0.25, -0.2) is 0 Å². The number of ether oxygens (including phenoxy) is 1. The quantitative estimate of drug-likeness (QED) is 0.718. The first-order valence-corrected chi connectivity index (χ1v) is 5.41. The van der Waals surface area contributed by atoms with Crippen LogP contribution in [-0.2, 0) is 9.53 Å². The average Bonchev–Trinajstić information content (AvgIpc) is 2.51.